The minimum atomic E-state index is -1.83. The highest BCUT2D eigenvalue weighted by atomic mass is 31.1. The Hall–Kier alpha value is 0.0200. The van der Waals surface area contributed by atoms with Crippen molar-refractivity contribution < 1.29 is 13.6 Å². The van der Waals surface area contributed by atoms with Crippen LogP contribution in [0.2, 0.25) is 0 Å². The average Bonchev–Trinajstić information content (AvgIpc) is 1.68. The Labute approximate surface area is 49.9 Å². The highest BCUT2D eigenvalue weighted by molar-refractivity contribution is 7.33. The van der Waals surface area contributed by atoms with Gasteiger partial charge in [0, 0.05) is 4.57 Å². The molecule has 0 aromatic rings. The molecule has 4 heteroatoms. The van der Waals surface area contributed by atoms with Gasteiger partial charge in [0.15, 0.2) is 0 Å². The molecule has 0 aliphatic heterocycles. The maximum Gasteiger partial charge on any atom is 0.697 e. The van der Waals surface area contributed by atoms with Crippen LogP contribution in [-0.4, -0.2) is 13.2 Å². The molecular weight excluding hydrogens is 131 g/mol. The first-order chi connectivity index (χ1) is 3.81. The number of hydrogen-bond donors (Lipinski definition) is 0. The van der Waals surface area contributed by atoms with E-state index in [2.05, 4.69) is 9.05 Å². The van der Waals surface area contributed by atoms with E-state index in [0.29, 0.717) is 13.2 Å². The van der Waals surface area contributed by atoms with E-state index < -0.39 is 8.25 Å². The Morgan fingerprint density at radius 2 is 1.62 bits per heavy atom. The summed E-state index contributed by atoms with van der Waals surface area (Å²) in [6.45, 7) is 4.42. The van der Waals surface area contributed by atoms with E-state index in [0.717, 1.165) is 0 Å². The van der Waals surface area contributed by atoms with Crippen LogP contribution in [0, 0.1) is 0 Å². The lowest BCUT2D eigenvalue weighted by atomic mass is 11.9. The van der Waals surface area contributed by atoms with Gasteiger partial charge in [0.1, 0.15) is 13.2 Å². The first-order valence-corrected chi connectivity index (χ1v) is 3.63. The molecule has 0 radical (unpaired) electrons. The third-order valence-electron chi connectivity index (χ3n) is 0.469. The zero-order valence-electron chi connectivity index (χ0n) is 5.09. The molecule has 8 heavy (non-hydrogen) atoms. The first-order valence-electron chi connectivity index (χ1n) is 2.54. The molecule has 0 aliphatic carbocycles. The SMILES string of the molecule is [13CH3][13CH2]O[P+](=O)O[13CH2][13CH3]. The van der Waals surface area contributed by atoms with Crippen molar-refractivity contribution in [3.8, 4) is 0 Å². The van der Waals surface area contributed by atoms with Crippen molar-refractivity contribution in [3.63, 3.8) is 0 Å². The van der Waals surface area contributed by atoms with Gasteiger partial charge in [0.05, 0.1) is 0 Å². The topological polar surface area (TPSA) is 35.5 Å². The third kappa shape index (κ3) is 4.19. The smallest absolute Gasteiger partial charge is 0.119 e. The lowest BCUT2D eigenvalue weighted by Crippen LogP contribution is -1.81. The fourth-order valence-corrected chi connectivity index (χ4v) is 0.744. The number of hydrogen-bond acceptors (Lipinski definition) is 3. The molecule has 0 saturated heterocycles. The standard InChI is InChI=1S/C4H10O3P/c1-3-6-8(5)7-4-2/h3-4H2,1-2H3/q+1/i1+1,2+1,3+1,4+1. The van der Waals surface area contributed by atoms with Crippen LogP contribution in [0.25, 0.3) is 0 Å². The highest BCUT2D eigenvalue weighted by Gasteiger charge is 2.15. The van der Waals surface area contributed by atoms with Crippen LogP contribution in [0.1, 0.15) is 13.8 Å². The summed E-state index contributed by atoms with van der Waals surface area (Å²) in [7, 11) is -1.83. The van der Waals surface area contributed by atoms with Gasteiger partial charge in [-0.25, -0.2) is 0 Å². The molecule has 0 aromatic carbocycles. The molecule has 0 rings (SSSR count). The van der Waals surface area contributed by atoms with Crippen LogP contribution in [0.4, 0.5) is 0 Å². The summed E-state index contributed by atoms with van der Waals surface area (Å²) >= 11 is 0. The summed E-state index contributed by atoms with van der Waals surface area (Å²) in [5.74, 6) is 0. The van der Waals surface area contributed by atoms with Gasteiger partial charge in [-0.1, -0.05) is 0 Å². The summed E-state index contributed by atoms with van der Waals surface area (Å²) in [5, 5.41) is 0. The molecule has 0 aromatic heterocycles. The van der Waals surface area contributed by atoms with Crippen molar-refractivity contribution in [2.24, 2.45) is 0 Å². The minimum Gasteiger partial charge on any atom is -0.119 e. The van der Waals surface area contributed by atoms with Crippen LogP contribution in [0.5, 0.6) is 0 Å². The van der Waals surface area contributed by atoms with E-state index in [1.165, 1.54) is 0 Å². The Balaban J connectivity index is 3.06. The van der Waals surface area contributed by atoms with Gasteiger partial charge in [0.2, 0.25) is 0 Å². The molecule has 48 valence electrons. The van der Waals surface area contributed by atoms with Crippen LogP contribution in [-0.2, 0) is 13.6 Å². The summed E-state index contributed by atoms with van der Waals surface area (Å²) in [6, 6.07) is 0. The van der Waals surface area contributed by atoms with Crippen molar-refractivity contribution in [2.75, 3.05) is 13.2 Å². The van der Waals surface area contributed by atoms with Gasteiger partial charge < -0.3 is 0 Å². The first kappa shape index (κ1) is 8.02. The summed E-state index contributed by atoms with van der Waals surface area (Å²) < 4.78 is 19.5. The quantitative estimate of drug-likeness (QED) is 0.441. The highest BCUT2D eigenvalue weighted by Crippen LogP contribution is 2.21. The predicted molar refractivity (Wildman–Crippen MR) is 30.9 cm³/mol. The Bertz CT molecular complexity index is 65.7. The van der Waals surface area contributed by atoms with Crippen molar-refractivity contribution in [1.29, 1.82) is 0 Å². The van der Waals surface area contributed by atoms with Gasteiger partial charge in [0.25, 0.3) is 0 Å². The molecule has 0 fully saturated rings. The molecule has 0 spiro atoms. The summed E-state index contributed by atoms with van der Waals surface area (Å²) in [6.07, 6.45) is 0. The zero-order valence-corrected chi connectivity index (χ0v) is 5.98. The van der Waals surface area contributed by atoms with Crippen molar-refractivity contribution in [1.82, 2.24) is 0 Å². The van der Waals surface area contributed by atoms with Gasteiger partial charge >= 0.3 is 8.25 Å². The molecule has 0 bridgehead atoms. The lowest BCUT2D eigenvalue weighted by Gasteiger charge is -1.78. The third-order valence-corrected chi connectivity index (χ3v) is 1.41. The predicted octanol–water partition coefficient (Wildman–Crippen LogP) is 1.72. The van der Waals surface area contributed by atoms with Crippen LogP contribution in [0.3, 0.4) is 0 Å². The molecule has 0 atom stereocenters. The Morgan fingerprint density at radius 1 is 1.25 bits per heavy atom. The normalized spacial score (nSPS) is 9.25. The lowest BCUT2D eigenvalue weighted by molar-refractivity contribution is 0.243. The van der Waals surface area contributed by atoms with Gasteiger partial charge in [-0.05, 0) is 13.8 Å². The monoisotopic (exact) mass is 141 g/mol. The van der Waals surface area contributed by atoms with Gasteiger partial charge in [-0.2, -0.15) is 0 Å². The second kappa shape index (κ2) is 5.16. The van der Waals surface area contributed by atoms with Crippen molar-refractivity contribution in [2.45, 2.75) is 13.8 Å². The molecule has 0 heterocycles. The zero-order chi connectivity index (χ0) is 6.41. The summed E-state index contributed by atoms with van der Waals surface area (Å²) in [5.41, 5.74) is 0. The molecular formula is C4H10O3P+. The largest absolute Gasteiger partial charge is 0.697 e. The molecule has 0 N–H and O–H groups in total. The van der Waals surface area contributed by atoms with Crippen molar-refractivity contribution in [3.05, 3.63) is 0 Å². The van der Waals surface area contributed by atoms with Gasteiger partial charge in [-0.3, -0.25) is 0 Å². The van der Waals surface area contributed by atoms with E-state index >= 15 is 0 Å². The van der Waals surface area contributed by atoms with E-state index in [9.17, 15) is 4.57 Å². The molecule has 3 nitrogen and oxygen atoms in total. The summed E-state index contributed by atoms with van der Waals surface area (Å²) in [4.78, 5) is 0. The molecule has 0 amide bonds. The van der Waals surface area contributed by atoms with Crippen LogP contribution in [0.15, 0.2) is 0 Å². The van der Waals surface area contributed by atoms with E-state index in [1.54, 1.807) is 13.8 Å². The minimum absolute atomic E-state index is 0.440. The van der Waals surface area contributed by atoms with Crippen LogP contribution >= 0.6 is 8.25 Å². The van der Waals surface area contributed by atoms with Gasteiger partial charge in [-0.15, -0.1) is 9.05 Å². The average molecular weight is 141 g/mol. The maximum absolute atomic E-state index is 10.3. The fourth-order valence-electron chi connectivity index (χ4n) is 0.248. The molecule has 0 aliphatic rings. The maximum atomic E-state index is 10.3. The molecule has 0 saturated carbocycles. The Morgan fingerprint density at radius 3 is 1.88 bits per heavy atom. The second-order valence-electron chi connectivity index (χ2n) is 1.06. The number of rotatable bonds is 4. The van der Waals surface area contributed by atoms with Crippen molar-refractivity contribution >= 4 is 8.25 Å². The Kier molecular flexibility index (Phi) is 5.18. The molecule has 0 unspecified atom stereocenters. The van der Waals surface area contributed by atoms with E-state index in [1.807, 2.05) is 0 Å². The second-order valence-corrected chi connectivity index (χ2v) is 2.02. The fraction of sp³-hybridized carbons (Fsp3) is 1.00. The van der Waals surface area contributed by atoms with E-state index in [4.69, 9.17) is 0 Å². The van der Waals surface area contributed by atoms with E-state index in [-0.39, 0.29) is 0 Å². The van der Waals surface area contributed by atoms with Crippen LogP contribution < -0.4 is 0 Å².